The molecule has 0 unspecified atom stereocenters. The van der Waals surface area contributed by atoms with Crippen molar-refractivity contribution in [2.75, 3.05) is 0 Å². The van der Waals surface area contributed by atoms with E-state index < -0.39 is 11.6 Å². The topological polar surface area (TPSA) is 38.9 Å². The van der Waals surface area contributed by atoms with Crippen LogP contribution in [-0.2, 0) is 0 Å². The van der Waals surface area contributed by atoms with Crippen molar-refractivity contribution in [3.63, 3.8) is 0 Å². The van der Waals surface area contributed by atoms with E-state index >= 15 is 0 Å². The molecule has 18 heavy (non-hydrogen) atoms. The molecule has 1 aromatic carbocycles. The van der Waals surface area contributed by atoms with Crippen LogP contribution in [-0.4, -0.2) is 11.0 Å². The second kappa shape index (κ2) is 4.40. The zero-order valence-electron chi connectivity index (χ0n) is 9.57. The molecule has 0 bridgehead atoms. The fourth-order valence-electron chi connectivity index (χ4n) is 2.14. The van der Waals surface area contributed by atoms with Crippen molar-refractivity contribution in [2.45, 2.75) is 24.8 Å². The summed E-state index contributed by atoms with van der Waals surface area (Å²) in [6.07, 6.45) is 1.92. The quantitative estimate of drug-likeness (QED) is 0.905. The van der Waals surface area contributed by atoms with Gasteiger partial charge in [0, 0.05) is 22.9 Å². The molecule has 5 heteroatoms. The van der Waals surface area contributed by atoms with Gasteiger partial charge in [0.1, 0.15) is 5.01 Å². The van der Waals surface area contributed by atoms with Gasteiger partial charge >= 0.3 is 0 Å². The molecule has 1 aromatic heterocycles. The third kappa shape index (κ3) is 2.04. The predicted molar refractivity (Wildman–Crippen MR) is 67.4 cm³/mol. The van der Waals surface area contributed by atoms with E-state index in [2.05, 4.69) is 4.98 Å². The van der Waals surface area contributed by atoms with Crippen molar-refractivity contribution in [1.29, 1.82) is 0 Å². The fourth-order valence-corrected chi connectivity index (χ4v) is 3.04. The standard InChI is InChI=1S/C13H12F2N2S/c14-10-2-1-7(5-11(10)15)13-17-12(6-18-13)8-3-9(16)4-8/h1-2,5-6,8-9H,3-4,16H2. The Morgan fingerprint density at radius 1 is 1.22 bits per heavy atom. The molecule has 2 aromatic rings. The van der Waals surface area contributed by atoms with Gasteiger partial charge in [-0.05, 0) is 31.0 Å². The van der Waals surface area contributed by atoms with Crippen LogP contribution in [0.25, 0.3) is 10.6 Å². The van der Waals surface area contributed by atoms with Crippen molar-refractivity contribution in [1.82, 2.24) is 4.98 Å². The Hall–Kier alpha value is -1.33. The Morgan fingerprint density at radius 2 is 2.00 bits per heavy atom. The Labute approximate surface area is 107 Å². The van der Waals surface area contributed by atoms with Gasteiger partial charge in [-0.3, -0.25) is 0 Å². The average Bonchev–Trinajstić information content (AvgIpc) is 2.78. The highest BCUT2D eigenvalue weighted by molar-refractivity contribution is 7.13. The third-order valence-electron chi connectivity index (χ3n) is 3.28. The summed E-state index contributed by atoms with van der Waals surface area (Å²) < 4.78 is 26.0. The van der Waals surface area contributed by atoms with Crippen molar-refractivity contribution < 1.29 is 8.78 Å². The monoisotopic (exact) mass is 266 g/mol. The zero-order valence-corrected chi connectivity index (χ0v) is 10.4. The summed E-state index contributed by atoms with van der Waals surface area (Å²) >= 11 is 1.45. The number of nitrogens with two attached hydrogens (primary N) is 1. The van der Waals surface area contributed by atoms with Gasteiger partial charge < -0.3 is 5.73 Å². The number of halogens is 2. The van der Waals surface area contributed by atoms with Crippen molar-refractivity contribution in [3.05, 3.63) is 40.9 Å². The smallest absolute Gasteiger partial charge is 0.159 e. The maximum absolute atomic E-state index is 13.1. The first-order chi connectivity index (χ1) is 8.63. The van der Waals surface area contributed by atoms with Gasteiger partial charge in [-0.15, -0.1) is 11.3 Å². The minimum absolute atomic E-state index is 0.281. The fraction of sp³-hybridized carbons (Fsp3) is 0.308. The summed E-state index contributed by atoms with van der Waals surface area (Å²) in [7, 11) is 0. The molecule has 0 aliphatic heterocycles. The third-order valence-corrected chi connectivity index (χ3v) is 4.19. The molecule has 3 rings (SSSR count). The number of hydrogen-bond donors (Lipinski definition) is 1. The molecule has 0 radical (unpaired) electrons. The molecule has 0 amide bonds. The summed E-state index contributed by atoms with van der Waals surface area (Å²) in [5, 5.41) is 2.71. The van der Waals surface area contributed by atoms with Gasteiger partial charge in [-0.25, -0.2) is 13.8 Å². The summed E-state index contributed by atoms with van der Waals surface area (Å²) in [5.41, 5.74) is 7.38. The van der Waals surface area contributed by atoms with Crippen molar-refractivity contribution in [3.8, 4) is 10.6 Å². The second-order valence-corrected chi connectivity index (χ2v) is 5.49. The molecule has 1 aliphatic rings. The zero-order chi connectivity index (χ0) is 12.7. The number of aromatic nitrogens is 1. The molecular formula is C13H12F2N2S. The molecule has 1 heterocycles. The molecule has 2 nitrogen and oxygen atoms in total. The van der Waals surface area contributed by atoms with Gasteiger partial charge in [0.05, 0.1) is 5.69 Å². The van der Waals surface area contributed by atoms with Gasteiger partial charge in [0.15, 0.2) is 11.6 Å². The van der Waals surface area contributed by atoms with E-state index in [0.717, 1.165) is 29.6 Å². The highest BCUT2D eigenvalue weighted by Gasteiger charge is 2.29. The molecular weight excluding hydrogens is 254 g/mol. The van der Waals surface area contributed by atoms with Crippen LogP contribution in [0.3, 0.4) is 0 Å². The number of thiazole rings is 1. The van der Waals surface area contributed by atoms with Gasteiger partial charge in [0.2, 0.25) is 0 Å². The molecule has 1 saturated carbocycles. The Balaban J connectivity index is 1.86. The molecule has 94 valence electrons. The van der Waals surface area contributed by atoms with Crippen LogP contribution < -0.4 is 5.73 Å². The summed E-state index contributed by atoms with van der Waals surface area (Å²) in [4.78, 5) is 4.48. The molecule has 0 saturated heterocycles. The summed E-state index contributed by atoms with van der Waals surface area (Å²) in [5.74, 6) is -1.24. The van der Waals surface area contributed by atoms with Crippen LogP contribution in [0.15, 0.2) is 23.6 Å². The summed E-state index contributed by atoms with van der Waals surface area (Å²) in [6, 6.07) is 4.15. The van der Waals surface area contributed by atoms with Gasteiger partial charge in [-0.2, -0.15) is 0 Å². The van der Waals surface area contributed by atoms with Crippen LogP contribution in [0.1, 0.15) is 24.5 Å². The molecule has 1 fully saturated rings. The van der Waals surface area contributed by atoms with E-state index in [4.69, 9.17) is 5.73 Å². The van der Waals surface area contributed by atoms with Gasteiger partial charge in [0.25, 0.3) is 0 Å². The largest absolute Gasteiger partial charge is 0.328 e. The first-order valence-electron chi connectivity index (χ1n) is 5.80. The van der Waals surface area contributed by atoms with E-state index in [-0.39, 0.29) is 6.04 Å². The first-order valence-corrected chi connectivity index (χ1v) is 6.68. The molecule has 1 aliphatic carbocycles. The molecule has 0 atom stereocenters. The Kier molecular flexibility index (Phi) is 2.87. The maximum Gasteiger partial charge on any atom is 0.159 e. The Morgan fingerprint density at radius 3 is 2.67 bits per heavy atom. The van der Waals surface area contributed by atoms with Crippen molar-refractivity contribution >= 4 is 11.3 Å². The SMILES string of the molecule is NC1CC(c2csc(-c3ccc(F)c(F)c3)n2)C1. The minimum Gasteiger partial charge on any atom is -0.328 e. The summed E-state index contributed by atoms with van der Waals surface area (Å²) in [6.45, 7) is 0. The number of rotatable bonds is 2. The van der Waals surface area contributed by atoms with Crippen molar-refractivity contribution in [2.24, 2.45) is 5.73 Å². The highest BCUT2D eigenvalue weighted by Crippen LogP contribution is 2.37. The van der Waals surface area contributed by atoms with E-state index in [0.29, 0.717) is 11.5 Å². The number of benzene rings is 1. The molecule has 0 spiro atoms. The van der Waals surface area contributed by atoms with Crippen LogP contribution in [0, 0.1) is 11.6 Å². The van der Waals surface area contributed by atoms with E-state index in [1.54, 1.807) is 6.07 Å². The number of hydrogen-bond acceptors (Lipinski definition) is 3. The number of nitrogens with zero attached hydrogens (tertiary/aromatic N) is 1. The molecule has 2 N–H and O–H groups in total. The van der Waals surface area contributed by atoms with Gasteiger partial charge in [-0.1, -0.05) is 0 Å². The van der Waals surface area contributed by atoms with Crippen LogP contribution in [0.4, 0.5) is 8.78 Å². The van der Waals surface area contributed by atoms with Crippen LogP contribution in [0.5, 0.6) is 0 Å². The minimum atomic E-state index is -0.838. The second-order valence-electron chi connectivity index (χ2n) is 4.63. The van der Waals surface area contributed by atoms with E-state index in [1.165, 1.54) is 17.4 Å². The van der Waals surface area contributed by atoms with E-state index in [9.17, 15) is 8.78 Å². The Bertz CT molecular complexity index is 576. The lowest BCUT2D eigenvalue weighted by Crippen LogP contribution is -2.34. The lowest BCUT2D eigenvalue weighted by Gasteiger charge is -2.30. The average molecular weight is 266 g/mol. The highest BCUT2D eigenvalue weighted by atomic mass is 32.1. The van der Waals surface area contributed by atoms with Crippen LogP contribution in [0.2, 0.25) is 0 Å². The first kappa shape index (κ1) is 11.7. The maximum atomic E-state index is 13.1. The van der Waals surface area contributed by atoms with E-state index in [1.807, 2.05) is 5.38 Å². The van der Waals surface area contributed by atoms with Crippen LogP contribution >= 0.6 is 11.3 Å². The predicted octanol–water partition coefficient (Wildman–Crippen LogP) is 3.29. The lowest BCUT2D eigenvalue weighted by atomic mass is 9.79. The normalized spacial score (nSPS) is 22.8. The lowest BCUT2D eigenvalue weighted by molar-refractivity contribution is 0.346.